The fourth-order valence-corrected chi connectivity index (χ4v) is 1.27. The van der Waals surface area contributed by atoms with E-state index in [1.165, 1.54) is 0 Å². The molecule has 1 aromatic carbocycles. The van der Waals surface area contributed by atoms with Crippen LogP contribution in [0.5, 0.6) is 0 Å². The van der Waals surface area contributed by atoms with Gasteiger partial charge in [0.1, 0.15) is 11.6 Å². The molecule has 0 amide bonds. The molecule has 1 aromatic rings. The van der Waals surface area contributed by atoms with Crippen molar-refractivity contribution in [3.63, 3.8) is 0 Å². The van der Waals surface area contributed by atoms with Gasteiger partial charge in [-0.05, 0) is 24.5 Å². The molecule has 0 aromatic heterocycles. The van der Waals surface area contributed by atoms with E-state index < -0.39 is 11.6 Å². The lowest BCUT2D eigenvalue weighted by Gasteiger charge is -2.07. The molecule has 0 aliphatic rings. The maximum Gasteiger partial charge on any atom is 0.130 e. The van der Waals surface area contributed by atoms with Gasteiger partial charge in [0.25, 0.3) is 0 Å². The van der Waals surface area contributed by atoms with Crippen molar-refractivity contribution >= 4 is 0 Å². The van der Waals surface area contributed by atoms with Gasteiger partial charge >= 0.3 is 0 Å². The van der Waals surface area contributed by atoms with E-state index in [1.807, 2.05) is 13.8 Å². The molecule has 74 valence electrons. The Morgan fingerprint density at radius 3 is 2.14 bits per heavy atom. The van der Waals surface area contributed by atoms with Crippen LogP contribution < -0.4 is 0 Å². The Balaban J connectivity index is 3.13. The lowest BCUT2D eigenvalue weighted by molar-refractivity contribution is 0.524. The van der Waals surface area contributed by atoms with Crippen molar-refractivity contribution in [3.05, 3.63) is 34.9 Å². The molecule has 0 bridgehead atoms. The molecule has 0 spiro atoms. The molecule has 0 fully saturated rings. The van der Waals surface area contributed by atoms with Crippen LogP contribution in [0.25, 0.3) is 0 Å². The van der Waals surface area contributed by atoms with Gasteiger partial charge in [0.05, 0.1) is 11.6 Å². The lowest BCUT2D eigenvalue weighted by atomic mass is 10.0. The molecule has 0 aliphatic heterocycles. The van der Waals surface area contributed by atoms with E-state index in [1.54, 1.807) is 6.07 Å². The zero-order chi connectivity index (χ0) is 10.7. The van der Waals surface area contributed by atoms with Crippen LogP contribution in [-0.4, -0.2) is 0 Å². The molecule has 0 heterocycles. The highest BCUT2D eigenvalue weighted by molar-refractivity contribution is 5.34. The van der Waals surface area contributed by atoms with E-state index in [4.69, 9.17) is 5.26 Å². The Labute approximate surface area is 82.0 Å². The van der Waals surface area contributed by atoms with Gasteiger partial charge in [-0.3, -0.25) is 0 Å². The number of nitrogens with zero attached hydrogens (tertiary/aromatic N) is 1. The predicted octanol–water partition coefficient (Wildman–Crippen LogP) is 3.03. The molecule has 0 atom stereocenters. The van der Waals surface area contributed by atoms with Gasteiger partial charge in [-0.1, -0.05) is 13.8 Å². The molecular weight excluding hydrogens is 184 g/mol. The first-order valence-corrected chi connectivity index (χ1v) is 4.42. The number of rotatable bonds is 2. The van der Waals surface area contributed by atoms with E-state index >= 15 is 0 Å². The summed E-state index contributed by atoms with van der Waals surface area (Å²) in [6.07, 6.45) is 0.351. The lowest BCUT2D eigenvalue weighted by Crippen LogP contribution is -2.02. The summed E-state index contributed by atoms with van der Waals surface area (Å²) in [5.41, 5.74) is 0.0894. The molecule has 0 aliphatic carbocycles. The zero-order valence-corrected chi connectivity index (χ0v) is 8.14. The third kappa shape index (κ3) is 2.29. The van der Waals surface area contributed by atoms with E-state index in [2.05, 4.69) is 0 Å². The monoisotopic (exact) mass is 195 g/mol. The Morgan fingerprint density at radius 1 is 1.29 bits per heavy atom. The van der Waals surface area contributed by atoms with Crippen LogP contribution in [0, 0.1) is 28.9 Å². The third-order valence-corrected chi connectivity index (χ3v) is 1.88. The summed E-state index contributed by atoms with van der Waals surface area (Å²) in [5.74, 6) is -1.07. The van der Waals surface area contributed by atoms with Crippen LogP contribution in [0.3, 0.4) is 0 Å². The van der Waals surface area contributed by atoms with Gasteiger partial charge in [0.15, 0.2) is 0 Å². The molecule has 1 nitrogen and oxygen atoms in total. The fourth-order valence-electron chi connectivity index (χ4n) is 1.27. The van der Waals surface area contributed by atoms with Crippen LogP contribution >= 0.6 is 0 Å². The Bertz CT molecular complexity index is 354. The van der Waals surface area contributed by atoms with Crippen molar-refractivity contribution in [2.24, 2.45) is 5.92 Å². The van der Waals surface area contributed by atoms with Gasteiger partial charge in [0, 0.05) is 5.56 Å². The number of halogens is 2. The number of nitriles is 1. The van der Waals surface area contributed by atoms with E-state index in [-0.39, 0.29) is 17.0 Å². The number of hydrogen-bond donors (Lipinski definition) is 0. The quantitative estimate of drug-likeness (QED) is 0.711. The third-order valence-electron chi connectivity index (χ3n) is 1.88. The topological polar surface area (TPSA) is 23.8 Å². The largest absolute Gasteiger partial charge is 0.207 e. The molecule has 0 saturated heterocycles. The van der Waals surface area contributed by atoms with E-state index in [0.29, 0.717) is 6.42 Å². The molecule has 0 radical (unpaired) electrons. The van der Waals surface area contributed by atoms with Crippen molar-refractivity contribution < 1.29 is 8.78 Å². The van der Waals surface area contributed by atoms with Crippen LogP contribution in [0.15, 0.2) is 12.1 Å². The second-order valence-corrected chi connectivity index (χ2v) is 3.63. The normalized spacial score (nSPS) is 10.3. The number of benzene rings is 1. The van der Waals surface area contributed by atoms with Gasteiger partial charge in [0.2, 0.25) is 0 Å². The molecule has 1 rings (SSSR count). The predicted molar refractivity (Wildman–Crippen MR) is 49.6 cm³/mol. The van der Waals surface area contributed by atoms with Crippen LogP contribution in [0.4, 0.5) is 8.78 Å². The molecule has 3 heteroatoms. The van der Waals surface area contributed by atoms with Crippen molar-refractivity contribution in [2.75, 3.05) is 0 Å². The van der Waals surface area contributed by atoms with E-state index in [9.17, 15) is 8.78 Å². The SMILES string of the molecule is CC(C)Cc1c(F)cc(C#N)cc1F. The first-order chi connectivity index (χ1) is 6.54. The van der Waals surface area contributed by atoms with Gasteiger partial charge in [-0.15, -0.1) is 0 Å². The summed E-state index contributed by atoms with van der Waals surface area (Å²) in [4.78, 5) is 0. The minimum atomic E-state index is -0.629. The standard InChI is InChI=1S/C11H11F2N/c1-7(2)3-9-10(12)4-8(6-14)5-11(9)13/h4-5,7H,3H2,1-2H3. The molecule has 0 N–H and O–H groups in total. The van der Waals surface area contributed by atoms with Gasteiger partial charge < -0.3 is 0 Å². The first-order valence-electron chi connectivity index (χ1n) is 4.42. The van der Waals surface area contributed by atoms with Crippen LogP contribution in [0.1, 0.15) is 25.0 Å². The van der Waals surface area contributed by atoms with Crippen molar-refractivity contribution in [2.45, 2.75) is 20.3 Å². The van der Waals surface area contributed by atoms with Crippen molar-refractivity contribution in [3.8, 4) is 6.07 Å². The van der Waals surface area contributed by atoms with Crippen molar-refractivity contribution in [1.29, 1.82) is 5.26 Å². The fraction of sp³-hybridized carbons (Fsp3) is 0.364. The summed E-state index contributed by atoms with van der Waals surface area (Å²) in [5, 5.41) is 8.48. The highest BCUT2D eigenvalue weighted by atomic mass is 19.1. The molecular formula is C11H11F2N. The second kappa shape index (κ2) is 4.19. The first kappa shape index (κ1) is 10.6. The number of hydrogen-bond acceptors (Lipinski definition) is 1. The van der Waals surface area contributed by atoms with Gasteiger partial charge in [-0.2, -0.15) is 5.26 Å². The van der Waals surface area contributed by atoms with E-state index in [0.717, 1.165) is 12.1 Å². The van der Waals surface area contributed by atoms with Crippen LogP contribution in [-0.2, 0) is 6.42 Å². The smallest absolute Gasteiger partial charge is 0.130 e. The van der Waals surface area contributed by atoms with Gasteiger partial charge in [-0.25, -0.2) is 8.78 Å². The molecule has 0 saturated carbocycles. The van der Waals surface area contributed by atoms with Crippen LogP contribution in [0.2, 0.25) is 0 Å². The summed E-state index contributed by atoms with van der Waals surface area (Å²) in [7, 11) is 0. The minimum Gasteiger partial charge on any atom is -0.207 e. The summed E-state index contributed by atoms with van der Waals surface area (Å²) in [6, 6.07) is 3.85. The zero-order valence-electron chi connectivity index (χ0n) is 8.14. The molecule has 0 unspecified atom stereocenters. The summed E-state index contributed by atoms with van der Waals surface area (Å²) in [6.45, 7) is 3.77. The second-order valence-electron chi connectivity index (χ2n) is 3.63. The molecule has 14 heavy (non-hydrogen) atoms. The maximum atomic E-state index is 13.3. The average molecular weight is 195 g/mol. The Morgan fingerprint density at radius 2 is 1.79 bits per heavy atom. The Hall–Kier alpha value is -1.43. The average Bonchev–Trinajstić information content (AvgIpc) is 2.10. The highest BCUT2D eigenvalue weighted by Crippen LogP contribution is 2.18. The van der Waals surface area contributed by atoms with Crippen molar-refractivity contribution in [1.82, 2.24) is 0 Å². The maximum absolute atomic E-state index is 13.3. The highest BCUT2D eigenvalue weighted by Gasteiger charge is 2.12. The summed E-state index contributed by atoms with van der Waals surface area (Å²) < 4.78 is 26.5. The Kier molecular flexibility index (Phi) is 3.19. The summed E-state index contributed by atoms with van der Waals surface area (Å²) >= 11 is 0. The minimum absolute atomic E-state index is 0.0208.